The van der Waals surface area contributed by atoms with Gasteiger partial charge in [0.1, 0.15) is 0 Å². The van der Waals surface area contributed by atoms with Crippen LogP contribution in [0.25, 0.3) is 10.8 Å². The SMILES string of the molecule is COC(=O)c1cn(Cc2ccc3ccccc3c2)nn1. The highest BCUT2D eigenvalue weighted by Gasteiger charge is 2.10. The van der Waals surface area contributed by atoms with Crippen molar-refractivity contribution < 1.29 is 9.53 Å². The molecule has 3 aromatic rings. The maximum Gasteiger partial charge on any atom is 0.360 e. The molecule has 1 heterocycles. The van der Waals surface area contributed by atoms with Gasteiger partial charge in [-0.3, -0.25) is 0 Å². The van der Waals surface area contributed by atoms with Crippen LogP contribution in [0.3, 0.4) is 0 Å². The molecule has 0 spiro atoms. The van der Waals surface area contributed by atoms with Gasteiger partial charge in [-0.25, -0.2) is 9.48 Å². The Balaban J connectivity index is 1.85. The molecule has 0 unspecified atom stereocenters. The van der Waals surface area contributed by atoms with Gasteiger partial charge in [0.2, 0.25) is 0 Å². The summed E-state index contributed by atoms with van der Waals surface area (Å²) in [4.78, 5) is 11.3. The maximum atomic E-state index is 11.3. The van der Waals surface area contributed by atoms with E-state index in [-0.39, 0.29) is 5.69 Å². The number of esters is 1. The minimum Gasteiger partial charge on any atom is -0.464 e. The van der Waals surface area contributed by atoms with E-state index in [1.165, 1.54) is 17.9 Å². The Kier molecular flexibility index (Phi) is 3.16. The Labute approximate surface area is 115 Å². The molecular formula is C15H13N3O2. The van der Waals surface area contributed by atoms with Crippen molar-refractivity contribution in [3.8, 4) is 0 Å². The summed E-state index contributed by atoms with van der Waals surface area (Å²) in [6, 6.07) is 14.4. The highest BCUT2D eigenvalue weighted by Crippen LogP contribution is 2.16. The Bertz CT molecular complexity index is 764. The monoisotopic (exact) mass is 267 g/mol. The van der Waals surface area contributed by atoms with Gasteiger partial charge in [-0.05, 0) is 22.4 Å². The average molecular weight is 267 g/mol. The van der Waals surface area contributed by atoms with Gasteiger partial charge in [0.25, 0.3) is 0 Å². The molecule has 20 heavy (non-hydrogen) atoms. The molecule has 0 bridgehead atoms. The molecule has 0 saturated heterocycles. The number of fused-ring (bicyclic) bond motifs is 1. The molecule has 0 radical (unpaired) electrons. The fourth-order valence-electron chi connectivity index (χ4n) is 2.10. The minimum atomic E-state index is -0.477. The van der Waals surface area contributed by atoms with E-state index in [4.69, 9.17) is 0 Å². The van der Waals surface area contributed by atoms with Gasteiger partial charge in [0.05, 0.1) is 19.9 Å². The fraction of sp³-hybridized carbons (Fsp3) is 0.133. The molecular weight excluding hydrogens is 254 g/mol. The molecule has 0 fully saturated rings. The number of carbonyl (C=O) groups is 1. The van der Waals surface area contributed by atoms with Crippen molar-refractivity contribution >= 4 is 16.7 Å². The average Bonchev–Trinajstić information content (AvgIpc) is 2.95. The van der Waals surface area contributed by atoms with Crippen LogP contribution in [-0.2, 0) is 11.3 Å². The topological polar surface area (TPSA) is 57.0 Å². The van der Waals surface area contributed by atoms with Gasteiger partial charge in [-0.2, -0.15) is 0 Å². The first kappa shape index (κ1) is 12.3. The summed E-state index contributed by atoms with van der Waals surface area (Å²) in [7, 11) is 1.32. The van der Waals surface area contributed by atoms with Crippen molar-refractivity contribution in [1.82, 2.24) is 15.0 Å². The number of methoxy groups -OCH3 is 1. The number of benzene rings is 2. The lowest BCUT2D eigenvalue weighted by atomic mass is 10.1. The molecule has 0 aliphatic rings. The predicted molar refractivity (Wildman–Crippen MR) is 74.4 cm³/mol. The van der Waals surface area contributed by atoms with Crippen molar-refractivity contribution in [3.05, 3.63) is 59.9 Å². The molecule has 2 aromatic carbocycles. The highest BCUT2D eigenvalue weighted by atomic mass is 16.5. The van der Waals surface area contributed by atoms with E-state index in [9.17, 15) is 4.79 Å². The first-order chi connectivity index (χ1) is 9.76. The zero-order chi connectivity index (χ0) is 13.9. The predicted octanol–water partition coefficient (Wildman–Crippen LogP) is 2.27. The number of nitrogens with zero attached hydrogens (tertiary/aromatic N) is 3. The third-order valence-electron chi connectivity index (χ3n) is 3.09. The van der Waals surface area contributed by atoms with Gasteiger partial charge in [-0.15, -0.1) is 5.10 Å². The van der Waals surface area contributed by atoms with Crippen LogP contribution in [0.1, 0.15) is 16.1 Å². The number of carbonyl (C=O) groups excluding carboxylic acids is 1. The summed E-state index contributed by atoms with van der Waals surface area (Å²) in [6.07, 6.45) is 1.58. The van der Waals surface area contributed by atoms with Crippen molar-refractivity contribution in [2.75, 3.05) is 7.11 Å². The summed E-state index contributed by atoms with van der Waals surface area (Å²) in [5, 5.41) is 10.1. The molecule has 1 aromatic heterocycles. The van der Waals surface area contributed by atoms with Crippen LogP contribution < -0.4 is 0 Å². The lowest BCUT2D eigenvalue weighted by Crippen LogP contribution is -2.01. The lowest BCUT2D eigenvalue weighted by molar-refractivity contribution is 0.0594. The molecule has 0 aliphatic heterocycles. The first-order valence-electron chi connectivity index (χ1n) is 6.22. The summed E-state index contributed by atoms with van der Waals surface area (Å²) in [5.41, 5.74) is 1.32. The van der Waals surface area contributed by atoms with Crippen LogP contribution in [0, 0.1) is 0 Å². The smallest absolute Gasteiger partial charge is 0.360 e. The normalized spacial score (nSPS) is 10.7. The molecule has 0 aliphatic carbocycles. The molecule has 0 amide bonds. The zero-order valence-corrected chi connectivity index (χ0v) is 11.0. The second kappa shape index (κ2) is 5.13. The highest BCUT2D eigenvalue weighted by molar-refractivity contribution is 5.86. The summed E-state index contributed by atoms with van der Waals surface area (Å²) in [5.74, 6) is -0.477. The Morgan fingerprint density at radius 1 is 1.20 bits per heavy atom. The Hall–Kier alpha value is -2.69. The first-order valence-corrected chi connectivity index (χ1v) is 6.22. The quantitative estimate of drug-likeness (QED) is 0.683. The molecule has 3 rings (SSSR count). The molecule has 0 saturated carbocycles. The number of ether oxygens (including phenoxy) is 1. The minimum absolute atomic E-state index is 0.216. The van der Waals surface area contributed by atoms with Crippen LogP contribution in [-0.4, -0.2) is 28.1 Å². The van der Waals surface area contributed by atoms with Gasteiger partial charge < -0.3 is 4.74 Å². The van der Waals surface area contributed by atoms with E-state index in [0.29, 0.717) is 6.54 Å². The molecule has 0 atom stereocenters. The molecule has 0 N–H and O–H groups in total. The van der Waals surface area contributed by atoms with E-state index < -0.39 is 5.97 Å². The zero-order valence-electron chi connectivity index (χ0n) is 11.0. The molecule has 5 heteroatoms. The van der Waals surface area contributed by atoms with Crippen molar-refractivity contribution in [2.24, 2.45) is 0 Å². The van der Waals surface area contributed by atoms with E-state index in [1.807, 2.05) is 18.2 Å². The Morgan fingerprint density at radius 3 is 2.80 bits per heavy atom. The summed E-state index contributed by atoms with van der Waals surface area (Å²) >= 11 is 0. The molecule has 100 valence electrons. The summed E-state index contributed by atoms with van der Waals surface area (Å²) < 4.78 is 6.22. The lowest BCUT2D eigenvalue weighted by Gasteiger charge is -2.03. The number of hydrogen-bond donors (Lipinski definition) is 0. The number of aromatic nitrogens is 3. The second-order valence-electron chi connectivity index (χ2n) is 4.47. The van der Waals surface area contributed by atoms with E-state index in [2.05, 4.69) is 39.3 Å². The van der Waals surface area contributed by atoms with Gasteiger partial charge >= 0.3 is 5.97 Å². The van der Waals surface area contributed by atoms with E-state index in [0.717, 1.165) is 5.56 Å². The van der Waals surface area contributed by atoms with Gasteiger partial charge in [-0.1, -0.05) is 41.6 Å². The fourth-order valence-corrected chi connectivity index (χ4v) is 2.10. The standard InChI is InChI=1S/C15H13N3O2/c1-20-15(19)14-10-18(17-16-14)9-11-6-7-12-4-2-3-5-13(12)8-11/h2-8,10H,9H2,1H3. The largest absolute Gasteiger partial charge is 0.464 e. The van der Waals surface area contributed by atoms with Crippen molar-refractivity contribution in [2.45, 2.75) is 6.54 Å². The number of rotatable bonds is 3. The third kappa shape index (κ3) is 2.38. The van der Waals surface area contributed by atoms with Crippen LogP contribution in [0.5, 0.6) is 0 Å². The van der Waals surface area contributed by atoms with Gasteiger partial charge in [0.15, 0.2) is 5.69 Å². The Morgan fingerprint density at radius 2 is 2.00 bits per heavy atom. The van der Waals surface area contributed by atoms with Gasteiger partial charge in [0, 0.05) is 0 Å². The van der Waals surface area contributed by atoms with Crippen LogP contribution >= 0.6 is 0 Å². The third-order valence-corrected chi connectivity index (χ3v) is 3.09. The van der Waals surface area contributed by atoms with Crippen LogP contribution in [0.2, 0.25) is 0 Å². The maximum absolute atomic E-state index is 11.3. The molecule has 5 nitrogen and oxygen atoms in total. The van der Waals surface area contributed by atoms with Crippen molar-refractivity contribution in [1.29, 1.82) is 0 Å². The van der Waals surface area contributed by atoms with E-state index >= 15 is 0 Å². The van der Waals surface area contributed by atoms with Crippen LogP contribution in [0.15, 0.2) is 48.7 Å². The second-order valence-corrected chi connectivity index (χ2v) is 4.47. The number of hydrogen-bond acceptors (Lipinski definition) is 4. The van der Waals surface area contributed by atoms with Crippen LogP contribution in [0.4, 0.5) is 0 Å². The van der Waals surface area contributed by atoms with E-state index in [1.54, 1.807) is 10.9 Å². The summed E-state index contributed by atoms with van der Waals surface area (Å²) in [6.45, 7) is 0.564. The van der Waals surface area contributed by atoms with Crippen molar-refractivity contribution in [3.63, 3.8) is 0 Å².